The first-order valence-corrected chi connectivity index (χ1v) is 15.8. The van der Waals surface area contributed by atoms with Gasteiger partial charge in [-0.05, 0) is 69.5 Å². The third-order valence-electron chi connectivity index (χ3n) is 8.99. The van der Waals surface area contributed by atoms with E-state index in [-0.39, 0.29) is 0 Å². The van der Waals surface area contributed by atoms with Crippen molar-refractivity contribution in [1.82, 2.24) is 13.9 Å². The monoisotopic (exact) mass is 593 g/mol. The summed E-state index contributed by atoms with van der Waals surface area (Å²) in [6, 6.07) is 49.3. The SMILES string of the molecule is c1ccc2c(c1)ccc1c(-c3nc(-c4ccc5c6ccccc6n(-c6ccc7oc8ccccc8c7c6)c5c4)ns3)cccc12. The van der Waals surface area contributed by atoms with Crippen molar-refractivity contribution in [1.29, 1.82) is 0 Å². The number of rotatable bonds is 3. The Bertz CT molecular complexity index is 2780. The van der Waals surface area contributed by atoms with E-state index >= 15 is 0 Å². The molecule has 4 nitrogen and oxygen atoms in total. The number of hydrogen-bond donors (Lipinski definition) is 0. The van der Waals surface area contributed by atoms with Gasteiger partial charge in [0.15, 0.2) is 5.82 Å². The van der Waals surface area contributed by atoms with Crippen molar-refractivity contribution in [2.75, 3.05) is 0 Å². The fraction of sp³-hybridized carbons (Fsp3) is 0. The standard InChI is InChI=1S/C40H23N3OS/c1-2-9-27-24(8-1)16-19-29-28(27)12-7-13-33(29)40-41-39(42-45-40)25-17-20-31-30-10-3-5-14-35(30)43(36(31)22-25)26-18-21-38-34(23-26)32-11-4-6-15-37(32)44-38/h1-23H. The van der Waals surface area contributed by atoms with Crippen LogP contribution in [-0.4, -0.2) is 13.9 Å². The van der Waals surface area contributed by atoms with Crippen LogP contribution in [0.15, 0.2) is 144 Å². The van der Waals surface area contributed by atoms with Crippen molar-refractivity contribution in [2.45, 2.75) is 0 Å². The van der Waals surface area contributed by atoms with Crippen LogP contribution in [0.5, 0.6) is 0 Å². The van der Waals surface area contributed by atoms with E-state index in [9.17, 15) is 0 Å². The van der Waals surface area contributed by atoms with Gasteiger partial charge in [0, 0.05) is 38.4 Å². The zero-order valence-corrected chi connectivity index (χ0v) is 24.8. The molecule has 3 aromatic heterocycles. The van der Waals surface area contributed by atoms with Gasteiger partial charge in [-0.3, -0.25) is 0 Å². The maximum atomic E-state index is 6.14. The first-order chi connectivity index (χ1) is 22.3. The molecule has 0 atom stereocenters. The van der Waals surface area contributed by atoms with E-state index in [1.54, 1.807) is 0 Å². The molecule has 0 saturated carbocycles. The topological polar surface area (TPSA) is 43.9 Å². The largest absolute Gasteiger partial charge is 0.456 e. The molecule has 0 bridgehead atoms. The molecule has 0 radical (unpaired) electrons. The average molecular weight is 594 g/mol. The third kappa shape index (κ3) is 3.65. The molecule has 0 spiro atoms. The van der Waals surface area contributed by atoms with Crippen molar-refractivity contribution in [3.8, 4) is 27.6 Å². The Morgan fingerprint density at radius 3 is 2.22 bits per heavy atom. The predicted molar refractivity (Wildman–Crippen MR) is 187 cm³/mol. The van der Waals surface area contributed by atoms with Crippen molar-refractivity contribution in [2.24, 2.45) is 0 Å². The maximum Gasteiger partial charge on any atom is 0.173 e. The summed E-state index contributed by atoms with van der Waals surface area (Å²) in [5.74, 6) is 0.739. The van der Waals surface area contributed by atoms with E-state index in [4.69, 9.17) is 13.8 Å². The van der Waals surface area contributed by atoms with Gasteiger partial charge in [-0.1, -0.05) is 103 Å². The van der Waals surface area contributed by atoms with E-state index in [1.165, 1.54) is 43.8 Å². The zero-order valence-electron chi connectivity index (χ0n) is 23.9. The second-order valence-corrected chi connectivity index (χ2v) is 12.2. The number of hydrogen-bond acceptors (Lipinski definition) is 4. The maximum absolute atomic E-state index is 6.14. The number of benzene rings is 7. The lowest BCUT2D eigenvalue weighted by Crippen LogP contribution is -1.94. The number of aromatic nitrogens is 3. The molecule has 0 aliphatic rings. The van der Waals surface area contributed by atoms with Gasteiger partial charge in [-0.25, -0.2) is 4.98 Å². The van der Waals surface area contributed by atoms with Crippen molar-refractivity contribution in [3.63, 3.8) is 0 Å². The summed E-state index contributed by atoms with van der Waals surface area (Å²) in [4.78, 5) is 5.10. The summed E-state index contributed by atoms with van der Waals surface area (Å²) in [7, 11) is 0. The van der Waals surface area contributed by atoms with E-state index in [0.29, 0.717) is 0 Å². The van der Waals surface area contributed by atoms with E-state index in [1.807, 2.05) is 12.1 Å². The molecule has 45 heavy (non-hydrogen) atoms. The van der Waals surface area contributed by atoms with Crippen LogP contribution < -0.4 is 0 Å². The number of nitrogens with zero attached hydrogens (tertiary/aromatic N) is 3. The summed E-state index contributed by atoms with van der Waals surface area (Å²) in [5.41, 5.74) is 7.27. The summed E-state index contributed by atoms with van der Waals surface area (Å²) in [6.07, 6.45) is 0. The normalized spacial score (nSPS) is 12.0. The van der Waals surface area contributed by atoms with Crippen molar-refractivity contribution < 1.29 is 4.42 Å². The van der Waals surface area contributed by atoms with Crippen LogP contribution in [0, 0.1) is 0 Å². The highest BCUT2D eigenvalue weighted by atomic mass is 32.1. The van der Waals surface area contributed by atoms with Crippen molar-refractivity contribution in [3.05, 3.63) is 140 Å². The summed E-state index contributed by atoms with van der Waals surface area (Å²) < 4.78 is 13.4. The molecule has 10 rings (SSSR count). The molecule has 5 heteroatoms. The van der Waals surface area contributed by atoms with Gasteiger partial charge in [-0.2, -0.15) is 4.37 Å². The number of fused-ring (bicyclic) bond motifs is 9. The quantitative estimate of drug-likeness (QED) is 0.191. The first-order valence-electron chi connectivity index (χ1n) is 15.0. The van der Waals surface area contributed by atoms with Crippen LogP contribution in [-0.2, 0) is 0 Å². The van der Waals surface area contributed by atoms with Crippen LogP contribution in [0.4, 0.5) is 0 Å². The Kier molecular flexibility index (Phi) is 5.12. The predicted octanol–water partition coefficient (Wildman–Crippen LogP) is 11.2. The van der Waals surface area contributed by atoms with Crippen LogP contribution in [0.2, 0.25) is 0 Å². The summed E-state index contributed by atoms with van der Waals surface area (Å²) in [5, 5.41) is 10.5. The molecular formula is C40H23N3OS. The minimum absolute atomic E-state index is 0.739. The smallest absolute Gasteiger partial charge is 0.173 e. The Labute approximate surface area is 261 Å². The van der Waals surface area contributed by atoms with Crippen LogP contribution in [0.1, 0.15) is 0 Å². The van der Waals surface area contributed by atoms with Gasteiger partial charge in [0.2, 0.25) is 0 Å². The molecule has 0 amide bonds. The van der Waals surface area contributed by atoms with Gasteiger partial charge in [0.1, 0.15) is 16.2 Å². The highest BCUT2D eigenvalue weighted by Crippen LogP contribution is 2.38. The summed E-state index contributed by atoms with van der Waals surface area (Å²) >= 11 is 1.45. The fourth-order valence-electron chi connectivity index (χ4n) is 6.92. The fourth-order valence-corrected chi connectivity index (χ4v) is 7.64. The first kappa shape index (κ1) is 24.6. The molecular weight excluding hydrogens is 571 g/mol. The Hall–Kier alpha value is -5.78. The minimum atomic E-state index is 0.739. The van der Waals surface area contributed by atoms with Gasteiger partial charge >= 0.3 is 0 Å². The molecule has 0 aliphatic heterocycles. The minimum Gasteiger partial charge on any atom is -0.456 e. The summed E-state index contributed by atoms with van der Waals surface area (Å²) in [6.45, 7) is 0. The molecule has 0 aliphatic carbocycles. The highest BCUT2D eigenvalue weighted by molar-refractivity contribution is 7.09. The second kappa shape index (κ2) is 9.36. The van der Waals surface area contributed by atoms with Gasteiger partial charge in [0.05, 0.1) is 11.0 Å². The second-order valence-electron chi connectivity index (χ2n) is 11.5. The molecule has 3 heterocycles. The Morgan fingerprint density at radius 1 is 0.511 bits per heavy atom. The van der Waals surface area contributed by atoms with E-state index in [0.717, 1.165) is 60.6 Å². The van der Waals surface area contributed by atoms with Crippen LogP contribution in [0.25, 0.3) is 92.9 Å². The number of furan rings is 1. The molecule has 10 aromatic rings. The Balaban J connectivity index is 1.15. The average Bonchev–Trinajstić information content (AvgIpc) is 3.82. The van der Waals surface area contributed by atoms with Gasteiger partial charge in [0.25, 0.3) is 0 Å². The van der Waals surface area contributed by atoms with E-state index in [2.05, 4.69) is 132 Å². The molecule has 7 aromatic carbocycles. The van der Waals surface area contributed by atoms with E-state index < -0.39 is 0 Å². The highest BCUT2D eigenvalue weighted by Gasteiger charge is 2.17. The Morgan fingerprint density at radius 2 is 1.27 bits per heavy atom. The lowest BCUT2D eigenvalue weighted by molar-refractivity contribution is 0.669. The van der Waals surface area contributed by atoms with Crippen LogP contribution in [0.3, 0.4) is 0 Å². The third-order valence-corrected chi connectivity index (χ3v) is 9.74. The lowest BCUT2D eigenvalue weighted by atomic mass is 9.99. The van der Waals surface area contributed by atoms with Crippen molar-refractivity contribution >= 4 is 76.8 Å². The molecule has 0 saturated heterocycles. The lowest BCUT2D eigenvalue weighted by Gasteiger charge is -2.09. The zero-order chi connectivity index (χ0) is 29.5. The molecule has 0 fully saturated rings. The van der Waals surface area contributed by atoms with Gasteiger partial charge in [-0.15, -0.1) is 0 Å². The van der Waals surface area contributed by atoms with Gasteiger partial charge < -0.3 is 8.98 Å². The number of para-hydroxylation sites is 2. The van der Waals surface area contributed by atoms with Crippen LogP contribution >= 0.6 is 11.5 Å². The molecule has 210 valence electrons. The molecule has 0 unspecified atom stereocenters. The molecule has 0 N–H and O–H groups in total.